The molecule has 2 heterocycles. The van der Waals surface area contributed by atoms with Crippen LogP contribution in [-0.2, 0) is 16.0 Å². The van der Waals surface area contributed by atoms with Crippen LogP contribution in [0.1, 0.15) is 24.7 Å². The minimum absolute atomic E-state index is 0.245. The number of methoxy groups -OCH3 is 1. The average molecular weight is 257 g/mol. The van der Waals surface area contributed by atoms with Gasteiger partial charge in [-0.3, -0.25) is 0 Å². The molecule has 3 rings (SSSR count). The molecule has 0 amide bonds. The maximum Gasteiger partial charge on any atom is 0.330 e. The van der Waals surface area contributed by atoms with Gasteiger partial charge >= 0.3 is 5.97 Å². The van der Waals surface area contributed by atoms with Crippen molar-refractivity contribution in [2.24, 2.45) is 0 Å². The largest absolute Gasteiger partial charge is 0.467 e. The van der Waals surface area contributed by atoms with Gasteiger partial charge in [0.2, 0.25) is 0 Å². The van der Waals surface area contributed by atoms with Crippen molar-refractivity contribution < 1.29 is 9.53 Å². The summed E-state index contributed by atoms with van der Waals surface area (Å²) >= 11 is 0. The molecule has 19 heavy (non-hydrogen) atoms. The lowest BCUT2D eigenvalue weighted by Crippen LogP contribution is -2.27. The molecule has 1 aromatic heterocycles. The first kappa shape index (κ1) is 11.9. The molecule has 0 bridgehead atoms. The Hall–Kier alpha value is -2.17. The van der Waals surface area contributed by atoms with Crippen LogP contribution >= 0.6 is 0 Å². The number of hydrogen-bond donors (Lipinski definition) is 0. The summed E-state index contributed by atoms with van der Waals surface area (Å²) in [5.74, 6) is 1.29. The highest BCUT2D eigenvalue weighted by Crippen LogP contribution is 2.26. The molecule has 2 aromatic rings. The summed E-state index contributed by atoms with van der Waals surface area (Å²) in [5, 5.41) is 4.48. The van der Waals surface area contributed by atoms with Crippen molar-refractivity contribution in [1.29, 1.82) is 0 Å². The molecule has 0 N–H and O–H groups in total. The van der Waals surface area contributed by atoms with Crippen LogP contribution in [0.15, 0.2) is 30.3 Å². The van der Waals surface area contributed by atoms with Gasteiger partial charge in [-0.2, -0.15) is 0 Å². The minimum Gasteiger partial charge on any atom is -0.467 e. The number of carbonyl (C=O) groups excluding carboxylic acids is 1. The number of aryl methyl sites for hydroxylation is 1. The van der Waals surface area contributed by atoms with E-state index in [9.17, 15) is 4.79 Å². The van der Waals surface area contributed by atoms with Crippen LogP contribution in [0.4, 0.5) is 0 Å². The summed E-state index contributed by atoms with van der Waals surface area (Å²) in [6, 6.07) is 9.46. The van der Waals surface area contributed by atoms with Gasteiger partial charge < -0.3 is 4.74 Å². The van der Waals surface area contributed by atoms with Crippen molar-refractivity contribution >= 4 is 5.97 Å². The molecule has 0 fully saturated rings. The second-order valence-corrected chi connectivity index (χ2v) is 4.59. The fourth-order valence-corrected chi connectivity index (χ4v) is 2.41. The molecule has 1 aliphatic heterocycles. The predicted octanol–water partition coefficient (Wildman–Crippen LogP) is 2.00. The Morgan fingerprint density at radius 1 is 1.37 bits per heavy atom. The highest BCUT2D eigenvalue weighted by Gasteiger charge is 2.29. The quantitative estimate of drug-likeness (QED) is 0.772. The normalized spacial score (nSPS) is 17.8. The summed E-state index contributed by atoms with van der Waals surface area (Å²) in [7, 11) is 1.41. The number of esters is 1. The van der Waals surface area contributed by atoms with Crippen molar-refractivity contribution in [3.05, 3.63) is 36.2 Å². The minimum atomic E-state index is -0.335. The third-order valence-corrected chi connectivity index (χ3v) is 3.38. The zero-order valence-electron chi connectivity index (χ0n) is 10.7. The summed E-state index contributed by atoms with van der Waals surface area (Å²) in [5.41, 5.74) is 0.966. The van der Waals surface area contributed by atoms with Crippen LogP contribution in [0.2, 0.25) is 0 Å². The van der Waals surface area contributed by atoms with E-state index >= 15 is 0 Å². The van der Waals surface area contributed by atoms with Crippen LogP contribution in [-0.4, -0.2) is 27.8 Å². The van der Waals surface area contributed by atoms with Gasteiger partial charge in [-0.15, -0.1) is 5.10 Å². The van der Waals surface area contributed by atoms with Gasteiger partial charge in [0.05, 0.1) is 7.11 Å². The highest BCUT2D eigenvalue weighted by molar-refractivity contribution is 5.74. The SMILES string of the molecule is COC(=O)C1CCCc2nc(-c3ccccc3)nn21. The van der Waals surface area contributed by atoms with Crippen molar-refractivity contribution in [3.8, 4) is 11.4 Å². The molecular formula is C14H15N3O2. The lowest BCUT2D eigenvalue weighted by atomic mass is 10.1. The standard InChI is InChI=1S/C14H15N3O2/c1-19-14(18)11-8-5-9-12-15-13(16-17(11)12)10-6-3-2-4-7-10/h2-4,6-7,11H,5,8-9H2,1H3. The van der Waals surface area contributed by atoms with Crippen molar-refractivity contribution in [3.63, 3.8) is 0 Å². The second-order valence-electron chi connectivity index (χ2n) is 4.59. The van der Waals surface area contributed by atoms with E-state index in [4.69, 9.17) is 4.74 Å². The van der Waals surface area contributed by atoms with E-state index in [1.165, 1.54) is 7.11 Å². The molecule has 0 aliphatic carbocycles. The maximum absolute atomic E-state index is 11.8. The predicted molar refractivity (Wildman–Crippen MR) is 69.4 cm³/mol. The van der Waals surface area contributed by atoms with E-state index in [0.29, 0.717) is 5.82 Å². The maximum atomic E-state index is 11.8. The van der Waals surface area contributed by atoms with Crippen molar-refractivity contribution in [1.82, 2.24) is 14.8 Å². The Balaban J connectivity index is 2.00. The average Bonchev–Trinajstić information content (AvgIpc) is 2.91. The third-order valence-electron chi connectivity index (χ3n) is 3.38. The number of benzene rings is 1. The topological polar surface area (TPSA) is 57.0 Å². The number of aromatic nitrogens is 3. The number of rotatable bonds is 2. The molecule has 98 valence electrons. The second kappa shape index (κ2) is 4.84. The zero-order chi connectivity index (χ0) is 13.2. The molecule has 0 saturated heterocycles. The van der Waals surface area contributed by atoms with Gasteiger partial charge in [-0.1, -0.05) is 30.3 Å². The lowest BCUT2D eigenvalue weighted by molar-refractivity contribution is -0.145. The summed E-state index contributed by atoms with van der Waals surface area (Å²) in [6.45, 7) is 0. The fraction of sp³-hybridized carbons (Fsp3) is 0.357. The van der Waals surface area contributed by atoms with Crippen LogP contribution in [0.3, 0.4) is 0 Å². The monoisotopic (exact) mass is 257 g/mol. The first-order chi connectivity index (χ1) is 9.29. The van der Waals surface area contributed by atoms with E-state index in [1.807, 2.05) is 30.3 Å². The van der Waals surface area contributed by atoms with Gasteiger partial charge in [-0.05, 0) is 12.8 Å². The van der Waals surface area contributed by atoms with E-state index in [-0.39, 0.29) is 12.0 Å². The Labute approximate surface area is 111 Å². The van der Waals surface area contributed by atoms with Crippen LogP contribution < -0.4 is 0 Å². The summed E-state index contributed by atoms with van der Waals surface area (Å²) in [6.07, 6.45) is 2.55. The van der Waals surface area contributed by atoms with E-state index < -0.39 is 0 Å². The highest BCUT2D eigenvalue weighted by atomic mass is 16.5. The molecule has 1 aromatic carbocycles. The first-order valence-electron chi connectivity index (χ1n) is 6.38. The molecule has 0 saturated carbocycles. The molecule has 5 nitrogen and oxygen atoms in total. The summed E-state index contributed by atoms with van der Waals surface area (Å²) in [4.78, 5) is 16.3. The van der Waals surface area contributed by atoms with Gasteiger partial charge in [0.25, 0.3) is 0 Å². The zero-order valence-corrected chi connectivity index (χ0v) is 10.7. The van der Waals surface area contributed by atoms with Gasteiger partial charge in [-0.25, -0.2) is 14.5 Å². The number of ether oxygens (including phenoxy) is 1. The summed E-state index contributed by atoms with van der Waals surface area (Å²) < 4.78 is 6.55. The molecule has 0 radical (unpaired) electrons. The Kier molecular flexibility index (Phi) is 3.03. The molecule has 0 spiro atoms. The number of hydrogen-bond acceptors (Lipinski definition) is 4. The fourth-order valence-electron chi connectivity index (χ4n) is 2.41. The Morgan fingerprint density at radius 3 is 2.89 bits per heavy atom. The van der Waals surface area contributed by atoms with Gasteiger partial charge in [0.15, 0.2) is 11.9 Å². The van der Waals surface area contributed by atoms with Crippen molar-refractivity contribution in [2.75, 3.05) is 7.11 Å². The molecule has 1 unspecified atom stereocenters. The van der Waals surface area contributed by atoms with Gasteiger partial charge in [0, 0.05) is 12.0 Å². The molecule has 1 aliphatic rings. The Morgan fingerprint density at radius 2 is 2.16 bits per heavy atom. The number of fused-ring (bicyclic) bond motifs is 1. The van der Waals surface area contributed by atoms with E-state index in [2.05, 4.69) is 10.1 Å². The lowest BCUT2D eigenvalue weighted by Gasteiger charge is -2.20. The van der Waals surface area contributed by atoms with E-state index in [1.54, 1.807) is 4.68 Å². The number of nitrogens with zero attached hydrogens (tertiary/aromatic N) is 3. The van der Waals surface area contributed by atoms with Crippen molar-refractivity contribution in [2.45, 2.75) is 25.3 Å². The third kappa shape index (κ3) is 2.12. The van der Waals surface area contributed by atoms with Crippen LogP contribution in [0.5, 0.6) is 0 Å². The molecular weight excluding hydrogens is 242 g/mol. The smallest absolute Gasteiger partial charge is 0.330 e. The molecule has 5 heteroatoms. The van der Waals surface area contributed by atoms with E-state index in [0.717, 1.165) is 30.7 Å². The van der Waals surface area contributed by atoms with Crippen LogP contribution in [0, 0.1) is 0 Å². The van der Waals surface area contributed by atoms with Crippen LogP contribution in [0.25, 0.3) is 11.4 Å². The molecule has 1 atom stereocenters. The Bertz CT molecular complexity index is 592. The first-order valence-corrected chi connectivity index (χ1v) is 6.38. The van der Waals surface area contributed by atoms with Gasteiger partial charge in [0.1, 0.15) is 5.82 Å². The number of carbonyl (C=O) groups is 1.